The Morgan fingerprint density at radius 2 is 2.10 bits per heavy atom. The summed E-state index contributed by atoms with van der Waals surface area (Å²) in [5, 5.41) is 0. The number of nitrogens with two attached hydrogens (primary N) is 1. The maximum atomic E-state index is 11.6. The van der Waals surface area contributed by atoms with E-state index >= 15 is 0 Å². The highest BCUT2D eigenvalue weighted by Crippen LogP contribution is 2.22. The van der Waals surface area contributed by atoms with E-state index < -0.39 is 0 Å². The van der Waals surface area contributed by atoms with Crippen molar-refractivity contribution in [3.63, 3.8) is 0 Å². The molecule has 3 rings (SSSR count). The maximum Gasteiger partial charge on any atom is 0.265 e. The average molecular weight is 288 g/mol. The summed E-state index contributed by atoms with van der Waals surface area (Å²) in [5.41, 5.74) is 4.00. The van der Waals surface area contributed by atoms with Gasteiger partial charge in [-0.3, -0.25) is 20.0 Å². The lowest BCUT2D eigenvalue weighted by molar-refractivity contribution is 0.0953. The Labute approximate surface area is 126 Å². The molecule has 2 aliphatic heterocycles. The van der Waals surface area contributed by atoms with Gasteiger partial charge in [0.25, 0.3) is 5.91 Å². The summed E-state index contributed by atoms with van der Waals surface area (Å²) in [7, 11) is 0. The van der Waals surface area contributed by atoms with Gasteiger partial charge >= 0.3 is 0 Å². The zero-order valence-electron chi connectivity index (χ0n) is 12.4. The van der Waals surface area contributed by atoms with Crippen LogP contribution in [0.15, 0.2) is 24.3 Å². The third-order valence-electron chi connectivity index (χ3n) is 4.63. The Kier molecular flexibility index (Phi) is 4.53. The minimum absolute atomic E-state index is 0.229. The molecule has 2 aliphatic rings. The summed E-state index contributed by atoms with van der Waals surface area (Å²) in [6.07, 6.45) is 3.97. The number of carbonyl (C=O) groups excluding carboxylic acids is 1. The van der Waals surface area contributed by atoms with Gasteiger partial charge in [0.15, 0.2) is 0 Å². The summed E-state index contributed by atoms with van der Waals surface area (Å²) in [6.45, 7) is 5.74. The van der Waals surface area contributed by atoms with Crippen molar-refractivity contribution >= 4 is 5.91 Å². The second-order valence-corrected chi connectivity index (χ2v) is 6.09. The normalized spacial score (nSPS) is 23.6. The number of benzene rings is 1. The number of carbonyl (C=O) groups is 1. The molecule has 2 fully saturated rings. The number of rotatable bonds is 4. The number of nitrogen functional groups attached to an aromatic ring is 1. The summed E-state index contributed by atoms with van der Waals surface area (Å²) >= 11 is 0. The standard InChI is InChI=1S/C16H24N4O/c17-18-16(21)14-5-3-4-13(10-14)11-19-9-6-15(12-19)20-7-1-2-8-20/h3-5,10,15H,1-2,6-9,11-12,17H2,(H,18,21). The first-order valence-electron chi connectivity index (χ1n) is 7.82. The van der Waals surface area contributed by atoms with Crippen LogP contribution in [0.2, 0.25) is 0 Å². The van der Waals surface area contributed by atoms with Crippen LogP contribution >= 0.6 is 0 Å². The fourth-order valence-electron chi connectivity index (χ4n) is 3.51. The van der Waals surface area contributed by atoms with Crippen LogP contribution in [0.1, 0.15) is 35.2 Å². The fraction of sp³-hybridized carbons (Fsp3) is 0.562. The molecule has 0 radical (unpaired) electrons. The zero-order valence-corrected chi connectivity index (χ0v) is 12.4. The Balaban J connectivity index is 1.58. The SMILES string of the molecule is NNC(=O)c1cccc(CN2CCC(N3CCCC3)C2)c1. The van der Waals surface area contributed by atoms with Crippen molar-refractivity contribution in [2.24, 2.45) is 5.84 Å². The molecule has 1 aromatic carbocycles. The highest BCUT2D eigenvalue weighted by atomic mass is 16.2. The minimum atomic E-state index is -0.229. The van der Waals surface area contributed by atoms with Crippen LogP contribution in [0.4, 0.5) is 0 Å². The number of nitrogens with zero attached hydrogens (tertiary/aromatic N) is 2. The van der Waals surface area contributed by atoms with Gasteiger partial charge in [-0.1, -0.05) is 12.1 Å². The van der Waals surface area contributed by atoms with E-state index in [-0.39, 0.29) is 5.91 Å². The first kappa shape index (κ1) is 14.5. The summed E-state index contributed by atoms with van der Waals surface area (Å²) in [6, 6.07) is 8.46. The van der Waals surface area contributed by atoms with E-state index in [2.05, 4.69) is 21.3 Å². The van der Waals surface area contributed by atoms with E-state index in [1.165, 1.54) is 37.9 Å². The van der Waals surface area contributed by atoms with Gasteiger partial charge in [0.2, 0.25) is 0 Å². The van der Waals surface area contributed by atoms with Crippen molar-refractivity contribution in [2.45, 2.75) is 31.8 Å². The quantitative estimate of drug-likeness (QED) is 0.492. The molecule has 21 heavy (non-hydrogen) atoms. The van der Waals surface area contributed by atoms with E-state index in [0.29, 0.717) is 5.56 Å². The molecule has 1 amide bonds. The Morgan fingerprint density at radius 1 is 1.29 bits per heavy atom. The van der Waals surface area contributed by atoms with Crippen molar-refractivity contribution in [3.05, 3.63) is 35.4 Å². The molecule has 2 heterocycles. The smallest absolute Gasteiger partial charge is 0.265 e. The number of hydrogen-bond donors (Lipinski definition) is 2. The molecule has 114 valence electrons. The van der Waals surface area contributed by atoms with Crippen molar-refractivity contribution < 1.29 is 4.79 Å². The van der Waals surface area contributed by atoms with Crippen LogP contribution in [0, 0.1) is 0 Å². The van der Waals surface area contributed by atoms with Gasteiger partial charge in [-0.15, -0.1) is 0 Å². The molecule has 5 nitrogen and oxygen atoms in total. The molecular weight excluding hydrogens is 264 g/mol. The lowest BCUT2D eigenvalue weighted by Crippen LogP contribution is -2.35. The first-order valence-corrected chi connectivity index (χ1v) is 7.82. The van der Waals surface area contributed by atoms with Gasteiger partial charge in [0, 0.05) is 31.2 Å². The summed E-state index contributed by atoms with van der Waals surface area (Å²) < 4.78 is 0. The molecular formula is C16H24N4O. The van der Waals surface area contributed by atoms with E-state index in [1.54, 1.807) is 6.07 Å². The summed E-state index contributed by atoms with van der Waals surface area (Å²) in [4.78, 5) is 16.7. The minimum Gasteiger partial charge on any atom is -0.299 e. The van der Waals surface area contributed by atoms with Crippen molar-refractivity contribution in [1.29, 1.82) is 0 Å². The predicted octanol–water partition coefficient (Wildman–Crippen LogP) is 0.960. The van der Waals surface area contributed by atoms with Crippen LogP contribution in [0.3, 0.4) is 0 Å². The third-order valence-corrected chi connectivity index (χ3v) is 4.63. The van der Waals surface area contributed by atoms with Crippen LogP contribution in [-0.2, 0) is 6.54 Å². The molecule has 0 spiro atoms. The first-order chi connectivity index (χ1) is 10.3. The third kappa shape index (κ3) is 3.43. The van der Waals surface area contributed by atoms with E-state index in [9.17, 15) is 4.79 Å². The van der Waals surface area contributed by atoms with E-state index in [4.69, 9.17) is 5.84 Å². The topological polar surface area (TPSA) is 61.6 Å². The molecule has 0 aromatic heterocycles. The molecule has 0 saturated carbocycles. The highest BCUT2D eigenvalue weighted by Gasteiger charge is 2.29. The van der Waals surface area contributed by atoms with Crippen molar-refractivity contribution in [2.75, 3.05) is 26.2 Å². The molecule has 5 heteroatoms. The summed E-state index contributed by atoms with van der Waals surface area (Å²) in [5.74, 6) is 4.96. The molecule has 0 bridgehead atoms. The lowest BCUT2D eigenvalue weighted by Gasteiger charge is -2.23. The second-order valence-electron chi connectivity index (χ2n) is 6.09. The Bertz CT molecular complexity index is 499. The van der Waals surface area contributed by atoms with Crippen molar-refractivity contribution in [3.8, 4) is 0 Å². The number of amides is 1. The van der Waals surface area contributed by atoms with Crippen molar-refractivity contribution in [1.82, 2.24) is 15.2 Å². The second kappa shape index (κ2) is 6.56. The predicted molar refractivity (Wildman–Crippen MR) is 82.6 cm³/mol. The Morgan fingerprint density at radius 3 is 2.86 bits per heavy atom. The maximum absolute atomic E-state index is 11.6. The van der Waals surface area contributed by atoms with Crippen LogP contribution in [0.25, 0.3) is 0 Å². The van der Waals surface area contributed by atoms with Gasteiger partial charge < -0.3 is 0 Å². The van der Waals surface area contributed by atoms with Gasteiger partial charge in [-0.25, -0.2) is 5.84 Å². The zero-order chi connectivity index (χ0) is 14.7. The van der Waals surface area contributed by atoms with Gasteiger partial charge in [-0.2, -0.15) is 0 Å². The number of nitrogens with one attached hydrogen (secondary N) is 1. The monoisotopic (exact) mass is 288 g/mol. The number of hydrogen-bond acceptors (Lipinski definition) is 4. The van der Waals surface area contributed by atoms with Gasteiger partial charge in [-0.05, 0) is 50.0 Å². The van der Waals surface area contributed by atoms with Gasteiger partial charge in [0.1, 0.15) is 0 Å². The molecule has 1 atom stereocenters. The van der Waals surface area contributed by atoms with Crippen LogP contribution < -0.4 is 11.3 Å². The molecule has 0 aliphatic carbocycles. The molecule has 2 saturated heterocycles. The van der Waals surface area contributed by atoms with E-state index in [0.717, 1.165) is 25.7 Å². The molecule has 1 aromatic rings. The molecule has 3 N–H and O–H groups in total. The van der Waals surface area contributed by atoms with Crippen LogP contribution in [-0.4, -0.2) is 47.9 Å². The number of hydrazine groups is 1. The van der Waals surface area contributed by atoms with Crippen LogP contribution in [0.5, 0.6) is 0 Å². The fourth-order valence-corrected chi connectivity index (χ4v) is 3.51. The lowest BCUT2D eigenvalue weighted by atomic mass is 10.1. The van der Waals surface area contributed by atoms with E-state index in [1.807, 2.05) is 12.1 Å². The molecule has 1 unspecified atom stereocenters. The van der Waals surface area contributed by atoms with Gasteiger partial charge in [0.05, 0.1) is 0 Å². The Hall–Kier alpha value is -1.43. The average Bonchev–Trinajstić information content (AvgIpc) is 3.17. The highest BCUT2D eigenvalue weighted by molar-refractivity contribution is 5.93. The number of likely N-dealkylation sites (tertiary alicyclic amines) is 2. The largest absolute Gasteiger partial charge is 0.299 e.